The largest absolute Gasteiger partial charge is 0.505 e. The summed E-state index contributed by atoms with van der Waals surface area (Å²) in [4.78, 5) is 2.38. The molecule has 0 aliphatic carbocycles. The van der Waals surface area contributed by atoms with Crippen molar-refractivity contribution in [2.24, 2.45) is 0 Å². The smallest absolute Gasteiger partial charge is 0.152 e. The van der Waals surface area contributed by atoms with Crippen LogP contribution in [0.25, 0.3) is 0 Å². The lowest BCUT2D eigenvalue weighted by Gasteiger charge is -2.12. The van der Waals surface area contributed by atoms with Crippen molar-refractivity contribution < 1.29 is 5.11 Å². The molecule has 122 valence electrons. The number of hydrogen-bond donors (Lipinski definition) is 2. The lowest BCUT2D eigenvalue weighted by Crippen LogP contribution is -2.00. The van der Waals surface area contributed by atoms with Crippen LogP contribution in [0, 0.1) is 0 Å². The maximum atomic E-state index is 9.63. The van der Waals surface area contributed by atoms with E-state index in [-0.39, 0.29) is 15.8 Å². The minimum absolute atomic E-state index is 0.0936. The van der Waals surface area contributed by atoms with E-state index in [2.05, 4.69) is 29.6 Å². The number of anilines is 1. The van der Waals surface area contributed by atoms with Crippen molar-refractivity contribution in [3.63, 3.8) is 0 Å². The molecular weight excluding hydrogens is 361 g/mol. The molecule has 5 heteroatoms. The van der Waals surface area contributed by atoms with Crippen LogP contribution in [0.1, 0.15) is 5.56 Å². The van der Waals surface area contributed by atoms with Crippen LogP contribution in [0.4, 0.5) is 5.69 Å². The van der Waals surface area contributed by atoms with Gasteiger partial charge in [-0.05, 0) is 35.9 Å². The van der Waals surface area contributed by atoms with Crippen LogP contribution >= 0.6 is 35.0 Å². The van der Waals surface area contributed by atoms with Gasteiger partial charge in [0.2, 0.25) is 0 Å². The predicted octanol–water partition coefficient (Wildman–Crippen LogP) is 6.46. The molecule has 0 aromatic heterocycles. The second-order valence-electron chi connectivity index (χ2n) is 5.16. The van der Waals surface area contributed by atoms with Gasteiger partial charge in [0, 0.05) is 22.0 Å². The number of phenols is 1. The SMILES string of the molecule is Oc1c(Cl)cc(NCc2ccccc2Sc2ccccc2)cc1Cl. The molecule has 0 aliphatic heterocycles. The third-order valence-corrected chi connectivity index (χ3v) is 5.15. The summed E-state index contributed by atoms with van der Waals surface area (Å²) >= 11 is 13.6. The lowest BCUT2D eigenvalue weighted by molar-refractivity contribution is 0.476. The first-order valence-electron chi connectivity index (χ1n) is 7.36. The van der Waals surface area contributed by atoms with Crippen LogP contribution < -0.4 is 5.32 Å². The van der Waals surface area contributed by atoms with E-state index in [4.69, 9.17) is 23.2 Å². The molecule has 0 bridgehead atoms. The minimum Gasteiger partial charge on any atom is -0.505 e. The molecule has 0 aliphatic rings. The Balaban J connectivity index is 1.76. The summed E-state index contributed by atoms with van der Waals surface area (Å²) in [6.07, 6.45) is 0. The minimum atomic E-state index is -0.0936. The molecule has 0 radical (unpaired) electrons. The zero-order chi connectivity index (χ0) is 16.9. The Morgan fingerprint density at radius 3 is 2.21 bits per heavy atom. The fourth-order valence-electron chi connectivity index (χ4n) is 2.23. The van der Waals surface area contributed by atoms with E-state index < -0.39 is 0 Å². The maximum Gasteiger partial charge on any atom is 0.152 e. The molecule has 3 aromatic rings. The second kappa shape index (κ2) is 7.84. The number of phenolic OH excluding ortho intramolecular Hbond substituents is 1. The Hall–Kier alpha value is -1.81. The van der Waals surface area contributed by atoms with Crippen molar-refractivity contribution in [1.82, 2.24) is 0 Å². The van der Waals surface area contributed by atoms with Crippen LogP contribution in [-0.2, 0) is 6.54 Å². The molecule has 0 amide bonds. The number of halogens is 2. The van der Waals surface area contributed by atoms with Gasteiger partial charge in [0.15, 0.2) is 5.75 Å². The number of benzene rings is 3. The average Bonchev–Trinajstić information content (AvgIpc) is 2.60. The summed E-state index contributed by atoms with van der Waals surface area (Å²) in [5.74, 6) is -0.0936. The maximum absolute atomic E-state index is 9.63. The summed E-state index contributed by atoms with van der Waals surface area (Å²) < 4.78 is 0. The van der Waals surface area contributed by atoms with Crippen molar-refractivity contribution in [3.05, 3.63) is 82.3 Å². The van der Waals surface area contributed by atoms with Crippen LogP contribution in [-0.4, -0.2) is 5.11 Å². The van der Waals surface area contributed by atoms with E-state index in [1.165, 1.54) is 15.4 Å². The monoisotopic (exact) mass is 375 g/mol. The van der Waals surface area contributed by atoms with Crippen LogP contribution in [0.3, 0.4) is 0 Å². The average molecular weight is 376 g/mol. The van der Waals surface area contributed by atoms with E-state index >= 15 is 0 Å². The molecular formula is C19H15Cl2NOS. The van der Waals surface area contributed by atoms with Crippen molar-refractivity contribution in [2.45, 2.75) is 16.3 Å². The first kappa shape index (κ1) is 17.0. The lowest BCUT2D eigenvalue weighted by atomic mass is 10.2. The molecule has 0 unspecified atom stereocenters. The first-order valence-corrected chi connectivity index (χ1v) is 8.93. The zero-order valence-electron chi connectivity index (χ0n) is 12.7. The van der Waals surface area contributed by atoms with Crippen molar-refractivity contribution >= 4 is 40.7 Å². The molecule has 0 saturated carbocycles. The third-order valence-electron chi connectivity index (χ3n) is 3.44. The summed E-state index contributed by atoms with van der Waals surface area (Å²) in [5.41, 5.74) is 1.94. The molecule has 0 heterocycles. The highest BCUT2D eigenvalue weighted by Crippen LogP contribution is 2.35. The quantitative estimate of drug-likeness (QED) is 0.501. The molecule has 0 fully saturated rings. The van der Waals surface area contributed by atoms with Gasteiger partial charge in [-0.3, -0.25) is 0 Å². The fourth-order valence-corrected chi connectivity index (χ4v) is 3.68. The standard InChI is InChI=1S/C19H15Cl2NOS/c20-16-10-14(11-17(21)19(16)23)22-12-13-6-4-5-9-18(13)24-15-7-2-1-3-8-15/h1-11,22-23H,12H2. The summed E-state index contributed by atoms with van der Waals surface area (Å²) in [6.45, 7) is 0.632. The molecule has 0 saturated heterocycles. The Kier molecular flexibility index (Phi) is 5.56. The topological polar surface area (TPSA) is 32.3 Å². The fraction of sp³-hybridized carbons (Fsp3) is 0.0526. The predicted molar refractivity (Wildman–Crippen MR) is 102 cm³/mol. The van der Waals surface area contributed by atoms with Crippen LogP contribution in [0.5, 0.6) is 5.75 Å². The molecule has 24 heavy (non-hydrogen) atoms. The normalized spacial score (nSPS) is 10.6. The van der Waals surface area contributed by atoms with Crippen LogP contribution in [0.2, 0.25) is 10.0 Å². The van der Waals surface area contributed by atoms with Crippen molar-refractivity contribution in [1.29, 1.82) is 0 Å². The highest BCUT2D eigenvalue weighted by molar-refractivity contribution is 7.99. The molecule has 2 N–H and O–H groups in total. The Morgan fingerprint density at radius 1 is 0.875 bits per heavy atom. The van der Waals surface area contributed by atoms with E-state index in [1.54, 1.807) is 23.9 Å². The molecule has 3 aromatic carbocycles. The van der Waals surface area contributed by atoms with E-state index in [0.29, 0.717) is 6.54 Å². The van der Waals surface area contributed by atoms with Crippen molar-refractivity contribution in [3.8, 4) is 5.75 Å². The van der Waals surface area contributed by atoms with Gasteiger partial charge in [0.05, 0.1) is 10.0 Å². The zero-order valence-corrected chi connectivity index (χ0v) is 15.0. The number of aromatic hydroxyl groups is 1. The number of rotatable bonds is 5. The highest BCUT2D eigenvalue weighted by atomic mass is 35.5. The van der Waals surface area contributed by atoms with Gasteiger partial charge in [-0.2, -0.15) is 0 Å². The van der Waals surface area contributed by atoms with Crippen LogP contribution in [0.15, 0.2) is 76.5 Å². The Labute approximate surface area is 155 Å². The molecule has 0 atom stereocenters. The first-order chi connectivity index (χ1) is 11.6. The Morgan fingerprint density at radius 2 is 1.50 bits per heavy atom. The third kappa shape index (κ3) is 4.18. The van der Waals surface area contributed by atoms with Crippen molar-refractivity contribution in [2.75, 3.05) is 5.32 Å². The molecule has 0 spiro atoms. The van der Waals surface area contributed by atoms with Gasteiger partial charge >= 0.3 is 0 Å². The van der Waals surface area contributed by atoms with Gasteiger partial charge in [-0.25, -0.2) is 0 Å². The highest BCUT2D eigenvalue weighted by Gasteiger charge is 2.08. The van der Waals surface area contributed by atoms with Gasteiger partial charge in [0.25, 0.3) is 0 Å². The summed E-state index contributed by atoms with van der Waals surface area (Å²) in [7, 11) is 0. The van der Waals surface area contributed by atoms with Gasteiger partial charge in [-0.15, -0.1) is 0 Å². The Bertz CT molecular complexity index is 817. The van der Waals surface area contributed by atoms with Gasteiger partial charge in [-0.1, -0.05) is 71.4 Å². The molecule has 3 rings (SSSR count). The van der Waals surface area contributed by atoms with Gasteiger partial charge < -0.3 is 10.4 Å². The van der Waals surface area contributed by atoms with Gasteiger partial charge in [0.1, 0.15) is 0 Å². The van der Waals surface area contributed by atoms with E-state index in [9.17, 15) is 5.11 Å². The second-order valence-corrected chi connectivity index (χ2v) is 7.09. The number of hydrogen-bond acceptors (Lipinski definition) is 3. The van der Waals surface area contributed by atoms with E-state index in [1.807, 2.05) is 30.3 Å². The number of nitrogens with one attached hydrogen (secondary N) is 1. The van der Waals surface area contributed by atoms with E-state index in [0.717, 1.165) is 5.69 Å². The summed E-state index contributed by atoms with van der Waals surface area (Å²) in [5, 5.41) is 13.4. The molecule has 2 nitrogen and oxygen atoms in total. The summed E-state index contributed by atoms with van der Waals surface area (Å²) in [6, 6.07) is 21.8.